The third kappa shape index (κ3) is 1.24. The van der Waals surface area contributed by atoms with E-state index in [0.29, 0.717) is 17.0 Å². The third-order valence-electron chi connectivity index (χ3n) is 1.96. The molecule has 0 aliphatic carbocycles. The van der Waals surface area contributed by atoms with Crippen LogP contribution in [0.15, 0.2) is 9.59 Å². The van der Waals surface area contributed by atoms with Crippen molar-refractivity contribution in [3.05, 3.63) is 26.7 Å². The van der Waals surface area contributed by atoms with Crippen molar-refractivity contribution in [2.75, 3.05) is 0 Å². The van der Waals surface area contributed by atoms with Gasteiger partial charge in [0.1, 0.15) is 11.3 Å². The van der Waals surface area contributed by atoms with E-state index in [-0.39, 0.29) is 5.92 Å². The van der Waals surface area contributed by atoms with E-state index in [1.54, 1.807) is 0 Å². The van der Waals surface area contributed by atoms with Crippen molar-refractivity contribution in [2.45, 2.75) is 19.8 Å². The predicted octanol–water partition coefficient (Wildman–Crippen LogP) is 0.0629. The molecule has 2 rings (SSSR count). The van der Waals surface area contributed by atoms with Crippen LogP contribution in [0, 0.1) is 0 Å². The number of nitrogens with zero attached hydrogens (tertiary/aromatic N) is 1. The van der Waals surface area contributed by atoms with Crippen LogP contribution in [0.5, 0.6) is 0 Å². The Morgan fingerprint density at radius 2 is 1.86 bits per heavy atom. The summed E-state index contributed by atoms with van der Waals surface area (Å²) in [5.74, 6) is 0.873. The van der Waals surface area contributed by atoms with Gasteiger partial charge < -0.3 is 4.98 Å². The fourth-order valence-corrected chi connectivity index (χ4v) is 1.22. The lowest BCUT2D eigenvalue weighted by Gasteiger charge is -1.95. The highest BCUT2D eigenvalue weighted by Gasteiger charge is 2.09. The van der Waals surface area contributed by atoms with E-state index < -0.39 is 11.2 Å². The second kappa shape index (κ2) is 2.83. The molecule has 0 aromatic carbocycles. The smallest absolute Gasteiger partial charge is 0.327 e. The summed E-state index contributed by atoms with van der Waals surface area (Å²) in [5, 5.41) is 0. The van der Waals surface area contributed by atoms with Crippen LogP contribution in [0.1, 0.15) is 25.6 Å². The maximum Gasteiger partial charge on any atom is 0.327 e. The van der Waals surface area contributed by atoms with Gasteiger partial charge in [-0.25, -0.2) is 9.78 Å². The standard InChI is InChI=1S/C8H10N4O2/c1-3(2)5-9-4-6(10-5)11-8(14)12-7(4)13/h3H,1-2H3,(H3,9,10,11,12,13,14). The fourth-order valence-electron chi connectivity index (χ4n) is 1.22. The zero-order valence-electron chi connectivity index (χ0n) is 7.84. The molecular weight excluding hydrogens is 184 g/mol. The molecule has 2 aromatic rings. The topological polar surface area (TPSA) is 94.4 Å². The molecule has 0 spiro atoms. The van der Waals surface area contributed by atoms with Gasteiger partial charge in [0.25, 0.3) is 5.56 Å². The molecular formula is C8H10N4O2. The van der Waals surface area contributed by atoms with Crippen LogP contribution in [0.2, 0.25) is 0 Å². The Hall–Kier alpha value is -1.85. The van der Waals surface area contributed by atoms with E-state index in [2.05, 4.69) is 19.9 Å². The number of hydrogen-bond donors (Lipinski definition) is 3. The van der Waals surface area contributed by atoms with Crippen LogP contribution in [-0.4, -0.2) is 19.9 Å². The van der Waals surface area contributed by atoms with Gasteiger partial charge in [0.15, 0.2) is 5.65 Å². The molecule has 0 fully saturated rings. The second-order valence-corrected chi connectivity index (χ2v) is 3.41. The van der Waals surface area contributed by atoms with Crippen LogP contribution in [0.3, 0.4) is 0 Å². The van der Waals surface area contributed by atoms with Gasteiger partial charge in [0, 0.05) is 5.92 Å². The van der Waals surface area contributed by atoms with Crippen molar-refractivity contribution in [2.24, 2.45) is 0 Å². The highest BCUT2D eigenvalue weighted by Crippen LogP contribution is 2.11. The maximum atomic E-state index is 11.3. The molecule has 0 bridgehead atoms. The van der Waals surface area contributed by atoms with Crippen molar-refractivity contribution in [1.29, 1.82) is 0 Å². The van der Waals surface area contributed by atoms with E-state index in [1.807, 2.05) is 13.8 Å². The highest BCUT2D eigenvalue weighted by molar-refractivity contribution is 5.68. The van der Waals surface area contributed by atoms with Gasteiger partial charge >= 0.3 is 5.69 Å². The minimum atomic E-state index is -0.538. The first-order chi connectivity index (χ1) is 6.58. The summed E-state index contributed by atoms with van der Waals surface area (Å²) in [5.41, 5.74) is -0.358. The highest BCUT2D eigenvalue weighted by atomic mass is 16.2. The maximum absolute atomic E-state index is 11.3. The Labute approximate surface area is 78.4 Å². The Kier molecular flexibility index (Phi) is 1.77. The lowest BCUT2D eigenvalue weighted by Crippen LogP contribution is -2.21. The molecule has 3 N–H and O–H groups in total. The molecule has 0 atom stereocenters. The van der Waals surface area contributed by atoms with E-state index in [0.717, 1.165) is 0 Å². The number of nitrogens with one attached hydrogen (secondary N) is 3. The number of imidazole rings is 1. The van der Waals surface area contributed by atoms with E-state index in [1.165, 1.54) is 0 Å². The molecule has 0 radical (unpaired) electrons. The minimum absolute atomic E-state index is 0.185. The summed E-state index contributed by atoms with van der Waals surface area (Å²) < 4.78 is 0. The van der Waals surface area contributed by atoms with Crippen LogP contribution < -0.4 is 11.2 Å². The summed E-state index contributed by atoms with van der Waals surface area (Å²) in [6.07, 6.45) is 0. The van der Waals surface area contributed by atoms with Crippen LogP contribution >= 0.6 is 0 Å². The van der Waals surface area contributed by atoms with Crippen LogP contribution in [0.25, 0.3) is 11.2 Å². The predicted molar refractivity (Wildman–Crippen MR) is 51.4 cm³/mol. The largest absolute Gasteiger partial charge is 0.336 e. The summed E-state index contributed by atoms with van der Waals surface area (Å²) in [6.45, 7) is 3.90. The van der Waals surface area contributed by atoms with Gasteiger partial charge in [-0.3, -0.25) is 14.8 Å². The van der Waals surface area contributed by atoms with Crippen molar-refractivity contribution in [3.8, 4) is 0 Å². The average Bonchev–Trinajstić information content (AvgIpc) is 2.47. The van der Waals surface area contributed by atoms with E-state index in [9.17, 15) is 9.59 Å². The Bertz CT molecular complexity index is 575. The molecule has 0 unspecified atom stereocenters. The average molecular weight is 194 g/mol. The van der Waals surface area contributed by atoms with Crippen molar-refractivity contribution < 1.29 is 0 Å². The lowest BCUT2D eigenvalue weighted by molar-refractivity contribution is 0.798. The first-order valence-corrected chi connectivity index (χ1v) is 4.30. The molecule has 0 amide bonds. The van der Waals surface area contributed by atoms with Gasteiger partial charge in [-0.2, -0.15) is 0 Å². The number of hydrogen-bond acceptors (Lipinski definition) is 3. The zero-order chi connectivity index (χ0) is 10.3. The first-order valence-electron chi connectivity index (χ1n) is 4.30. The van der Waals surface area contributed by atoms with Gasteiger partial charge in [-0.15, -0.1) is 0 Å². The quantitative estimate of drug-likeness (QED) is 0.599. The fraction of sp³-hybridized carbons (Fsp3) is 0.375. The zero-order valence-corrected chi connectivity index (χ0v) is 7.84. The molecule has 2 heterocycles. The van der Waals surface area contributed by atoms with Gasteiger partial charge in [-0.1, -0.05) is 13.8 Å². The van der Waals surface area contributed by atoms with Gasteiger partial charge in [0.2, 0.25) is 0 Å². The van der Waals surface area contributed by atoms with Crippen LogP contribution in [0.4, 0.5) is 0 Å². The summed E-state index contributed by atoms with van der Waals surface area (Å²) in [6, 6.07) is 0. The number of rotatable bonds is 1. The molecule has 0 saturated heterocycles. The number of H-pyrrole nitrogens is 3. The molecule has 0 saturated carbocycles. The Morgan fingerprint density at radius 1 is 1.14 bits per heavy atom. The molecule has 6 nitrogen and oxygen atoms in total. The second-order valence-electron chi connectivity index (χ2n) is 3.41. The summed E-state index contributed by atoms with van der Waals surface area (Å²) in [7, 11) is 0. The first kappa shape index (κ1) is 8.74. The van der Waals surface area contributed by atoms with E-state index in [4.69, 9.17) is 0 Å². The third-order valence-corrected chi connectivity index (χ3v) is 1.96. The number of fused-ring (bicyclic) bond motifs is 1. The van der Waals surface area contributed by atoms with Crippen molar-refractivity contribution in [3.63, 3.8) is 0 Å². The molecule has 14 heavy (non-hydrogen) atoms. The van der Waals surface area contributed by atoms with Crippen molar-refractivity contribution in [1.82, 2.24) is 19.9 Å². The SMILES string of the molecule is CC(C)c1nc2[nH]c(=O)[nH]c(=O)c2[nH]1. The van der Waals surface area contributed by atoms with Gasteiger partial charge in [0.05, 0.1) is 0 Å². The Balaban J connectivity index is 2.84. The monoisotopic (exact) mass is 194 g/mol. The molecule has 0 aliphatic heterocycles. The number of aromatic nitrogens is 4. The van der Waals surface area contributed by atoms with E-state index >= 15 is 0 Å². The molecule has 2 aromatic heterocycles. The normalized spacial score (nSPS) is 11.4. The van der Waals surface area contributed by atoms with Crippen molar-refractivity contribution >= 4 is 11.2 Å². The summed E-state index contributed by atoms with van der Waals surface area (Å²) >= 11 is 0. The number of aromatic amines is 3. The van der Waals surface area contributed by atoms with Crippen LogP contribution in [-0.2, 0) is 0 Å². The lowest BCUT2D eigenvalue weighted by atomic mass is 10.2. The minimum Gasteiger partial charge on any atom is -0.336 e. The summed E-state index contributed by atoms with van der Waals surface area (Å²) in [4.78, 5) is 33.8. The molecule has 6 heteroatoms. The molecule has 74 valence electrons. The Morgan fingerprint density at radius 3 is 2.50 bits per heavy atom. The molecule has 0 aliphatic rings. The van der Waals surface area contributed by atoms with Gasteiger partial charge in [-0.05, 0) is 0 Å².